The molecule has 2 aliphatic rings. The number of pyridine rings is 2. The van der Waals surface area contributed by atoms with E-state index in [1.807, 2.05) is 36.7 Å². The van der Waals surface area contributed by atoms with Gasteiger partial charge in [0, 0.05) is 55.9 Å². The molecule has 6 aromatic rings. The molecule has 0 spiro atoms. The van der Waals surface area contributed by atoms with E-state index in [9.17, 15) is 15.2 Å². The van der Waals surface area contributed by atoms with Crippen molar-refractivity contribution in [1.29, 1.82) is 5.26 Å². The molecule has 2 aliphatic heterocycles. The van der Waals surface area contributed by atoms with E-state index >= 15 is 0 Å². The molecule has 0 bridgehead atoms. The largest absolute Gasteiger partial charge is 0.481 e. The molecule has 5 heterocycles. The number of carboxylic acids is 1. The first-order valence-electron chi connectivity index (χ1n) is 17.3. The first-order valence-corrected chi connectivity index (χ1v) is 17.3. The fourth-order valence-electron chi connectivity index (χ4n) is 7.58. The maximum Gasteiger partial charge on any atom is 0.309 e. The van der Waals surface area contributed by atoms with Crippen molar-refractivity contribution < 1.29 is 14.3 Å². The van der Waals surface area contributed by atoms with Crippen molar-refractivity contribution in [3.05, 3.63) is 112 Å². The third kappa shape index (κ3) is 6.02. The molecule has 9 heteroatoms. The zero-order valence-corrected chi connectivity index (χ0v) is 28.3. The summed E-state index contributed by atoms with van der Waals surface area (Å²) in [4.78, 5) is 30.3. The second-order valence-corrected chi connectivity index (χ2v) is 13.8. The highest BCUT2D eigenvalue weighted by atomic mass is 16.4. The van der Waals surface area contributed by atoms with E-state index in [1.165, 1.54) is 29.5 Å². The Hall–Kier alpha value is -5.43. The lowest BCUT2D eigenvalue weighted by molar-refractivity contribution is -0.147. The van der Waals surface area contributed by atoms with E-state index in [-0.39, 0.29) is 5.92 Å². The van der Waals surface area contributed by atoms with Crippen LogP contribution in [0.1, 0.15) is 51.9 Å². The van der Waals surface area contributed by atoms with Gasteiger partial charge < -0.3 is 9.52 Å². The lowest BCUT2D eigenvalue weighted by atomic mass is 9.90. The fourth-order valence-corrected chi connectivity index (χ4v) is 7.58. The SMILES string of the molecule is Cc1c(Cc2nccc3cc(CN4CCCC4)cnc23)cccc1-c1cccc(-c2nc3cc(CN4CC(C(=O)O)C4)cc(C#N)c3o2)c1C. The van der Waals surface area contributed by atoms with Crippen LogP contribution >= 0.6 is 0 Å². The predicted octanol–water partition coefficient (Wildman–Crippen LogP) is 7.30. The van der Waals surface area contributed by atoms with Crippen molar-refractivity contribution >= 4 is 28.0 Å². The topological polar surface area (TPSA) is 119 Å². The van der Waals surface area contributed by atoms with E-state index in [0.717, 1.165) is 64.0 Å². The van der Waals surface area contributed by atoms with Gasteiger partial charge in [-0.3, -0.25) is 24.6 Å². The molecule has 0 radical (unpaired) electrons. The monoisotopic (exact) mass is 662 g/mol. The van der Waals surface area contributed by atoms with Gasteiger partial charge >= 0.3 is 5.97 Å². The Morgan fingerprint density at radius 3 is 2.44 bits per heavy atom. The van der Waals surface area contributed by atoms with Crippen LogP contribution in [0.15, 0.2) is 77.5 Å². The maximum absolute atomic E-state index is 11.2. The number of rotatable bonds is 9. The van der Waals surface area contributed by atoms with Gasteiger partial charge in [-0.1, -0.05) is 30.3 Å². The third-order valence-electron chi connectivity index (χ3n) is 10.4. The second kappa shape index (κ2) is 13.1. The Kier molecular flexibility index (Phi) is 8.35. The Bertz CT molecular complexity index is 2310. The van der Waals surface area contributed by atoms with Crippen LogP contribution in [-0.4, -0.2) is 62.0 Å². The average Bonchev–Trinajstić information content (AvgIpc) is 3.77. The van der Waals surface area contributed by atoms with Crippen molar-refractivity contribution in [1.82, 2.24) is 24.8 Å². The molecule has 250 valence electrons. The van der Waals surface area contributed by atoms with Gasteiger partial charge in [-0.2, -0.15) is 5.26 Å². The van der Waals surface area contributed by atoms with Gasteiger partial charge in [0.05, 0.1) is 22.7 Å². The first-order chi connectivity index (χ1) is 24.3. The minimum atomic E-state index is -0.768. The predicted molar refractivity (Wildman–Crippen MR) is 192 cm³/mol. The molecule has 0 unspecified atom stereocenters. The Balaban J connectivity index is 1.07. The van der Waals surface area contributed by atoms with Gasteiger partial charge in [-0.05, 0) is 109 Å². The number of oxazole rings is 1. The molecule has 2 fully saturated rings. The van der Waals surface area contributed by atoms with E-state index < -0.39 is 5.97 Å². The Morgan fingerprint density at radius 1 is 0.920 bits per heavy atom. The van der Waals surface area contributed by atoms with Gasteiger partial charge in [0.1, 0.15) is 11.6 Å². The molecule has 1 N–H and O–H groups in total. The second-order valence-electron chi connectivity index (χ2n) is 13.8. The minimum Gasteiger partial charge on any atom is -0.481 e. The zero-order valence-electron chi connectivity index (χ0n) is 28.3. The number of nitrogens with zero attached hydrogens (tertiary/aromatic N) is 6. The summed E-state index contributed by atoms with van der Waals surface area (Å²) in [5.41, 5.74) is 12.1. The molecular formula is C41H38N6O3. The standard InChI is InChI=1S/C41H38N6O3/c1-25-29(18-36-38-30(11-12-43-36)16-28(20-44-38)22-46-13-3-4-14-46)7-5-8-33(25)34-9-6-10-35(26(34)2)40-45-37-17-27(15-31(19-42)39(37)50-40)21-47-23-32(24-47)41(48)49/h5-12,15-17,20,32H,3-4,13-14,18,21-24H2,1-2H3,(H,48,49). The molecule has 0 atom stereocenters. The molecule has 0 amide bonds. The summed E-state index contributed by atoms with van der Waals surface area (Å²) in [5.74, 6) is -0.639. The van der Waals surface area contributed by atoms with Crippen LogP contribution in [-0.2, 0) is 24.3 Å². The van der Waals surface area contributed by atoms with Crippen molar-refractivity contribution in [2.75, 3.05) is 26.2 Å². The number of carboxylic acid groups (broad SMARTS) is 1. The number of aromatic nitrogens is 3. The van der Waals surface area contributed by atoms with Crippen LogP contribution < -0.4 is 0 Å². The number of hydrogen-bond acceptors (Lipinski definition) is 8. The van der Waals surface area contributed by atoms with E-state index in [2.05, 4.69) is 66.1 Å². The highest BCUT2D eigenvalue weighted by Crippen LogP contribution is 2.36. The maximum atomic E-state index is 11.2. The highest BCUT2D eigenvalue weighted by molar-refractivity contribution is 5.85. The summed E-state index contributed by atoms with van der Waals surface area (Å²) in [6.45, 7) is 9.08. The van der Waals surface area contributed by atoms with Gasteiger partial charge in [0.25, 0.3) is 0 Å². The number of fused-ring (bicyclic) bond motifs is 2. The van der Waals surface area contributed by atoms with Crippen LogP contribution in [0.3, 0.4) is 0 Å². The van der Waals surface area contributed by atoms with E-state index in [1.54, 1.807) is 0 Å². The van der Waals surface area contributed by atoms with Crippen LogP contribution in [0.2, 0.25) is 0 Å². The summed E-state index contributed by atoms with van der Waals surface area (Å²) in [5, 5.41) is 20.3. The molecule has 3 aromatic carbocycles. The number of hydrogen-bond donors (Lipinski definition) is 1. The summed E-state index contributed by atoms with van der Waals surface area (Å²) in [6.07, 6.45) is 7.13. The molecule has 50 heavy (non-hydrogen) atoms. The van der Waals surface area contributed by atoms with Crippen LogP contribution in [0.4, 0.5) is 0 Å². The van der Waals surface area contributed by atoms with Crippen molar-refractivity contribution in [3.63, 3.8) is 0 Å². The van der Waals surface area contributed by atoms with E-state index in [0.29, 0.717) is 48.6 Å². The smallest absolute Gasteiger partial charge is 0.309 e. The molecule has 8 rings (SSSR count). The van der Waals surface area contributed by atoms with Crippen LogP contribution in [0.5, 0.6) is 0 Å². The van der Waals surface area contributed by atoms with E-state index in [4.69, 9.17) is 19.4 Å². The molecular weight excluding hydrogens is 624 g/mol. The third-order valence-corrected chi connectivity index (χ3v) is 10.4. The van der Waals surface area contributed by atoms with Gasteiger partial charge in [-0.15, -0.1) is 0 Å². The normalized spacial score (nSPS) is 15.5. The summed E-state index contributed by atoms with van der Waals surface area (Å²) in [7, 11) is 0. The Morgan fingerprint density at radius 2 is 1.66 bits per heavy atom. The number of nitriles is 1. The Labute approximate surface area is 290 Å². The lowest BCUT2D eigenvalue weighted by Crippen LogP contribution is -2.49. The molecule has 9 nitrogen and oxygen atoms in total. The summed E-state index contributed by atoms with van der Waals surface area (Å²) in [6, 6.07) is 22.9. The van der Waals surface area contributed by atoms with Crippen molar-refractivity contribution in [3.8, 4) is 28.7 Å². The quantitative estimate of drug-likeness (QED) is 0.170. The molecule has 3 aromatic heterocycles. The number of likely N-dealkylation sites (tertiary alicyclic amines) is 2. The lowest BCUT2D eigenvalue weighted by Gasteiger charge is -2.36. The van der Waals surface area contributed by atoms with Crippen LogP contribution in [0, 0.1) is 31.1 Å². The fraction of sp³-hybridized carbons (Fsp3) is 0.293. The highest BCUT2D eigenvalue weighted by Gasteiger charge is 2.32. The van der Waals surface area contributed by atoms with Crippen molar-refractivity contribution in [2.24, 2.45) is 5.92 Å². The van der Waals surface area contributed by atoms with Gasteiger partial charge in [0.2, 0.25) is 5.89 Å². The minimum absolute atomic E-state index is 0.336. The number of benzene rings is 3. The average molecular weight is 663 g/mol. The van der Waals surface area contributed by atoms with Crippen LogP contribution in [0.25, 0.3) is 44.6 Å². The summed E-state index contributed by atoms with van der Waals surface area (Å²) < 4.78 is 6.27. The molecule has 0 aliphatic carbocycles. The van der Waals surface area contributed by atoms with Gasteiger partial charge in [0.15, 0.2) is 5.58 Å². The van der Waals surface area contributed by atoms with Gasteiger partial charge in [-0.25, -0.2) is 4.98 Å². The van der Waals surface area contributed by atoms with Crippen molar-refractivity contribution in [2.45, 2.75) is 46.2 Å². The molecule has 0 saturated carbocycles. The first kappa shape index (κ1) is 31.8. The zero-order chi connectivity index (χ0) is 34.4. The molecule has 2 saturated heterocycles. The number of carbonyl (C=O) groups is 1. The summed E-state index contributed by atoms with van der Waals surface area (Å²) >= 11 is 0. The number of aliphatic carboxylic acids is 1.